The van der Waals surface area contributed by atoms with E-state index in [0.717, 1.165) is 32.9 Å². The average Bonchev–Trinajstić information content (AvgIpc) is 3.32. The minimum atomic E-state index is 0. The summed E-state index contributed by atoms with van der Waals surface area (Å²) in [5, 5.41) is 25.7. The monoisotopic (exact) mass is 700 g/mol. The SMILES string of the molecule is Oc1cccc2cccc(N=Cc3cccc(-c4ccc5c6ccccc6n(-c6ccccc6)c5c4O)n3)c12.[Pt]. The van der Waals surface area contributed by atoms with Crippen molar-refractivity contribution in [2.75, 3.05) is 0 Å². The summed E-state index contributed by atoms with van der Waals surface area (Å²) in [5.74, 6) is 0.363. The second-order valence-corrected chi connectivity index (χ2v) is 9.40. The molecule has 0 saturated heterocycles. The number of phenolic OH excluding ortho intramolecular Hbond substituents is 2. The van der Waals surface area contributed by atoms with Gasteiger partial charge in [-0.1, -0.05) is 72.8 Å². The third-order valence-corrected chi connectivity index (χ3v) is 7.07. The fourth-order valence-electron chi connectivity index (χ4n) is 5.31. The number of pyridine rings is 1. The van der Waals surface area contributed by atoms with E-state index in [9.17, 15) is 10.2 Å². The van der Waals surface area contributed by atoms with Gasteiger partial charge in [0.05, 0.1) is 34.3 Å². The Balaban J connectivity index is 0.00000289. The fourth-order valence-corrected chi connectivity index (χ4v) is 5.31. The van der Waals surface area contributed by atoms with E-state index in [2.05, 4.69) is 21.7 Å². The van der Waals surface area contributed by atoms with Crippen LogP contribution in [0, 0.1) is 0 Å². The number of benzene rings is 5. The summed E-state index contributed by atoms with van der Waals surface area (Å²) in [6, 6.07) is 39.0. The number of para-hydroxylation sites is 2. The first kappa shape index (κ1) is 25.5. The molecule has 0 atom stereocenters. The molecule has 5 nitrogen and oxygen atoms in total. The van der Waals surface area contributed by atoms with Crippen molar-refractivity contribution in [3.05, 3.63) is 127 Å². The van der Waals surface area contributed by atoms with Crippen LogP contribution in [-0.2, 0) is 21.1 Å². The molecule has 6 heteroatoms. The zero-order chi connectivity index (χ0) is 26.3. The van der Waals surface area contributed by atoms with Crippen LogP contribution in [0.25, 0.3) is 49.5 Å². The van der Waals surface area contributed by atoms with Gasteiger partial charge in [-0.15, -0.1) is 0 Å². The van der Waals surface area contributed by atoms with Crippen LogP contribution in [-0.4, -0.2) is 26.0 Å². The first-order chi connectivity index (χ1) is 19.2. The molecule has 0 saturated carbocycles. The van der Waals surface area contributed by atoms with E-state index >= 15 is 0 Å². The normalized spacial score (nSPS) is 11.4. The van der Waals surface area contributed by atoms with E-state index in [1.54, 1.807) is 12.3 Å². The Kier molecular flexibility index (Phi) is 6.67. The number of rotatable bonds is 4. The number of aromatic hydroxyl groups is 2. The number of hydrogen-bond acceptors (Lipinski definition) is 4. The molecule has 7 aromatic rings. The molecule has 0 unspecified atom stereocenters. The van der Waals surface area contributed by atoms with Crippen LogP contribution >= 0.6 is 0 Å². The van der Waals surface area contributed by atoms with E-state index in [4.69, 9.17) is 4.98 Å². The van der Waals surface area contributed by atoms with Crippen molar-refractivity contribution in [2.24, 2.45) is 4.99 Å². The molecule has 0 aliphatic heterocycles. The first-order valence-electron chi connectivity index (χ1n) is 12.7. The number of phenols is 2. The summed E-state index contributed by atoms with van der Waals surface area (Å²) >= 11 is 0. The number of hydrogen-bond donors (Lipinski definition) is 2. The second kappa shape index (κ2) is 10.4. The Labute approximate surface area is 245 Å². The second-order valence-electron chi connectivity index (χ2n) is 9.40. The van der Waals surface area contributed by atoms with Gasteiger partial charge in [-0.25, -0.2) is 4.98 Å². The molecule has 5 aromatic carbocycles. The fraction of sp³-hybridized carbons (Fsp3) is 0. The van der Waals surface area contributed by atoms with Gasteiger partial charge in [0.15, 0.2) is 0 Å². The maximum absolute atomic E-state index is 11.7. The van der Waals surface area contributed by atoms with Crippen molar-refractivity contribution in [2.45, 2.75) is 0 Å². The quantitative estimate of drug-likeness (QED) is 0.182. The van der Waals surface area contributed by atoms with Crippen molar-refractivity contribution in [3.63, 3.8) is 0 Å². The van der Waals surface area contributed by atoms with Gasteiger partial charge in [0.1, 0.15) is 11.5 Å². The van der Waals surface area contributed by atoms with Crippen LogP contribution in [0.3, 0.4) is 0 Å². The maximum atomic E-state index is 11.7. The number of fused-ring (bicyclic) bond motifs is 4. The Morgan fingerprint density at radius 2 is 1.43 bits per heavy atom. The minimum Gasteiger partial charge on any atom is -0.507 e. The van der Waals surface area contributed by atoms with Crippen molar-refractivity contribution >= 4 is 44.5 Å². The zero-order valence-electron chi connectivity index (χ0n) is 21.2. The Hall–Kier alpha value is -4.73. The van der Waals surface area contributed by atoms with Crippen LogP contribution < -0.4 is 0 Å². The van der Waals surface area contributed by atoms with Gasteiger partial charge in [0.25, 0.3) is 0 Å². The molecule has 0 amide bonds. The van der Waals surface area contributed by atoms with E-state index < -0.39 is 0 Å². The number of aromatic nitrogens is 2. The van der Waals surface area contributed by atoms with Gasteiger partial charge in [-0.3, -0.25) is 4.99 Å². The smallest absolute Gasteiger partial charge is 0.149 e. The maximum Gasteiger partial charge on any atom is 0.149 e. The van der Waals surface area contributed by atoms with Crippen LogP contribution in [0.5, 0.6) is 11.5 Å². The Bertz CT molecular complexity index is 2040. The van der Waals surface area contributed by atoms with Crippen molar-refractivity contribution in [3.8, 4) is 28.4 Å². The molecular weight excluding hydrogens is 677 g/mol. The van der Waals surface area contributed by atoms with Crippen LogP contribution in [0.1, 0.15) is 5.69 Å². The van der Waals surface area contributed by atoms with Gasteiger partial charge in [-0.05, 0) is 53.9 Å². The Morgan fingerprint density at radius 3 is 2.27 bits per heavy atom. The molecule has 7 rings (SSSR count). The first-order valence-corrected chi connectivity index (χ1v) is 12.7. The summed E-state index contributed by atoms with van der Waals surface area (Å²) in [6.45, 7) is 0. The molecule has 0 bridgehead atoms. The van der Waals surface area contributed by atoms with Crippen LogP contribution in [0.2, 0.25) is 0 Å². The van der Waals surface area contributed by atoms with Crippen LogP contribution in [0.15, 0.2) is 126 Å². The summed E-state index contributed by atoms with van der Waals surface area (Å²) < 4.78 is 2.10. The standard InChI is InChI=1S/C34H23N3O2.Pt/c38-31-18-7-10-22-9-6-16-29(32(22)31)35-21-23-11-8-15-28(36-23)27-20-19-26-25-14-4-5-17-30(25)37(33(26)34(27)39)24-12-2-1-3-13-24;/h1-21,38-39H;. The summed E-state index contributed by atoms with van der Waals surface area (Å²) in [5.41, 5.74) is 5.33. The van der Waals surface area contributed by atoms with Crippen LogP contribution in [0.4, 0.5) is 5.69 Å². The Morgan fingerprint density at radius 1 is 0.675 bits per heavy atom. The molecule has 2 aromatic heterocycles. The molecule has 40 heavy (non-hydrogen) atoms. The van der Waals surface area contributed by atoms with E-state index in [0.29, 0.717) is 28.0 Å². The molecule has 0 aliphatic rings. The summed E-state index contributed by atoms with van der Waals surface area (Å²) in [6.07, 6.45) is 1.68. The molecule has 2 heterocycles. The average molecular weight is 701 g/mol. The number of nitrogens with zero attached hydrogens (tertiary/aromatic N) is 3. The van der Waals surface area contributed by atoms with Gasteiger partial charge < -0.3 is 14.8 Å². The largest absolute Gasteiger partial charge is 0.507 e. The summed E-state index contributed by atoms with van der Waals surface area (Å²) in [4.78, 5) is 9.44. The topological polar surface area (TPSA) is 70.6 Å². The minimum absolute atomic E-state index is 0. The van der Waals surface area contributed by atoms with E-state index in [1.165, 1.54) is 0 Å². The molecule has 2 N–H and O–H groups in total. The third kappa shape index (κ3) is 4.25. The van der Waals surface area contributed by atoms with E-state index in [1.807, 2.05) is 103 Å². The van der Waals surface area contributed by atoms with Gasteiger partial charge in [0.2, 0.25) is 0 Å². The van der Waals surface area contributed by atoms with Crippen molar-refractivity contribution in [1.82, 2.24) is 9.55 Å². The number of aliphatic imine (C=N–C) groups is 1. The zero-order valence-corrected chi connectivity index (χ0v) is 23.4. The van der Waals surface area contributed by atoms with Crippen molar-refractivity contribution in [1.29, 1.82) is 0 Å². The van der Waals surface area contributed by atoms with E-state index in [-0.39, 0.29) is 32.6 Å². The molecule has 0 aliphatic carbocycles. The molecule has 0 spiro atoms. The third-order valence-electron chi connectivity index (χ3n) is 7.07. The molecule has 0 fully saturated rings. The predicted octanol–water partition coefficient (Wildman–Crippen LogP) is 8.16. The van der Waals surface area contributed by atoms with Crippen molar-refractivity contribution < 1.29 is 31.3 Å². The van der Waals surface area contributed by atoms with Gasteiger partial charge >= 0.3 is 0 Å². The van der Waals surface area contributed by atoms with Gasteiger partial charge in [-0.2, -0.15) is 0 Å². The summed E-state index contributed by atoms with van der Waals surface area (Å²) in [7, 11) is 0. The molecule has 0 radical (unpaired) electrons. The molecular formula is C34H23N3O2Pt. The van der Waals surface area contributed by atoms with Gasteiger partial charge in [0, 0.05) is 48.5 Å². The molecule has 196 valence electrons. The predicted molar refractivity (Wildman–Crippen MR) is 159 cm³/mol.